The van der Waals surface area contributed by atoms with Gasteiger partial charge in [0.25, 0.3) is 0 Å². The van der Waals surface area contributed by atoms with Gasteiger partial charge < -0.3 is 19.3 Å². The van der Waals surface area contributed by atoms with Gasteiger partial charge in [0.1, 0.15) is 17.9 Å². The molecule has 0 aliphatic carbocycles. The number of aliphatic carboxylic acids is 1. The van der Waals surface area contributed by atoms with E-state index in [0.29, 0.717) is 24.5 Å². The quantitative estimate of drug-likeness (QED) is 0.420. The minimum atomic E-state index is -1.05. The van der Waals surface area contributed by atoms with Crippen molar-refractivity contribution in [2.24, 2.45) is 5.10 Å². The largest absolute Gasteiger partial charge is 0.503 e. The number of ether oxygens (including phenoxy) is 3. The van der Waals surface area contributed by atoms with Gasteiger partial charge in [-0.25, -0.2) is 4.79 Å². The molecule has 1 heterocycles. The van der Waals surface area contributed by atoms with E-state index < -0.39 is 5.97 Å². The van der Waals surface area contributed by atoms with Gasteiger partial charge in [0.2, 0.25) is 0 Å². The fourth-order valence-corrected chi connectivity index (χ4v) is 2.92. The Morgan fingerprint density at radius 1 is 1.21 bits per heavy atom. The average molecular weight is 396 g/mol. The van der Waals surface area contributed by atoms with E-state index in [2.05, 4.69) is 5.10 Å². The maximum Gasteiger partial charge on any atom is 0.339 e. The van der Waals surface area contributed by atoms with E-state index in [9.17, 15) is 9.90 Å². The molecule has 0 radical (unpaired) electrons. The molecule has 0 amide bonds. The molecule has 152 valence electrons. The van der Waals surface area contributed by atoms with Crippen LogP contribution < -0.4 is 4.74 Å². The highest BCUT2D eigenvalue weighted by molar-refractivity contribution is 6.15. The third kappa shape index (κ3) is 5.83. The number of rotatable bonds is 8. The van der Waals surface area contributed by atoms with Crippen LogP contribution in [0.4, 0.5) is 0 Å². The topological polar surface area (TPSA) is 80.6 Å². The number of hydrogen-bond donors (Lipinski definition) is 1. The van der Waals surface area contributed by atoms with Gasteiger partial charge in [-0.15, -0.1) is 0 Å². The fourth-order valence-electron chi connectivity index (χ4n) is 2.92. The number of methoxy groups -OCH3 is 1. The highest BCUT2D eigenvalue weighted by Gasteiger charge is 2.15. The lowest BCUT2D eigenvalue weighted by Gasteiger charge is -2.23. The molecule has 7 heteroatoms. The minimum absolute atomic E-state index is 0.0816. The summed E-state index contributed by atoms with van der Waals surface area (Å²) in [4.78, 5) is 11.5. The van der Waals surface area contributed by atoms with Crippen molar-refractivity contribution in [3.63, 3.8) is 0 Å². The Morgan fingerprint density at radius 3 is 2.76 bits per heavy atom. The maximum absolute atomic E-state index is 11.5. The van der Waals surface area contributed by atoms with Crippen LogP contribution in [0.2, 0.25) is 0 Å². The van der Waals surface area contributed by atoms with E-state index in [1.165, 1.54) is 13.4 Å². The van der Waals surface area contributed by atoms with E-state index >= 15 is 0 Å². The monoisotopic (exact) mass is 396 g/mol. The second-order valence-corrected chi connectivity index (χ2v) is 6.40. The van der Waals surface area contributed by atoms with Gasteiger partial charge in [0, 0.05) is 0 Å². The second-order valence-electron chi connectivity index (χ2n) is 6.40. The summed E-state index contributed by atoms with van der Waals surface area (Å²) < 4.78 is 16.2. The molecule has 2 aromatic carbocycles. The first kappa shape index (κ1) is 20.4. The summed E-state index contributed by atoms with van der Waals surface area (Å²) in [5.74, 6) is -0.376. The lowest BCUT2D eigenvalue weighted by molar-refractivity contribution is -0.130. The van der Waals surface area contributed by atoms with Gasteiger partial charge in [-0.05, 0) is 28.8 Å². The molecule has 3 rings (SSSR count). The zero-order chi connectivity index (χ0) is 20.5. The summed E-state index contributed by atoms with van der Waals surface area (Å²) in [5, 5.41) is 15.9. The summed E-state index contributed by atoms with van der Waals surface area (Å²) in [5.41, 5.74) is 2.32. The molecule has 0 aromatic heterocycles. The number of carbonyl (C=O) groups is 1. The second kappa shape index (κ2) is 10.3. The van der Waals surface area contributed by atoms with Crippen LogP contribution in [0.25, 0.3) is 5.57 Å². The van der Waals surface area contributed by atoms with Crippen LogP contribution in [0, 0.1) is 0 Å². The van der Waals surface area contributed by atoms with Gasteiger partial charge >= 0.3 is 5.97 Å². The van der Waals surface area contributed by atoms with E-state index in [-0.39, 0.29) is 12.2 Å². The Balaban J connectivity index is 1.70. The predicted octanol–water partition coefficient (Wildman–Crippen LogP) is 3.00. The smallest absolute Gasteiger partial charge is 0.339 e. The lowest BCUT2D eigenvalue weighted by Crippen LogP contribution is -2.32. The summed E-state index contributed by atoms with van der Waals surface area (Å²) in [7, 11) is 1.42. The zero-order valence-corrected chi connectivity index (χ0v) is 16.3. The number of nitrogens with zero attached hydrogens (tertiary/aromatic N) is 2. The molecule has 2 aromatic rings. The number of benzene rings is 2. The molecule has 0 bridgehead atoms. The third-order valence-corrected chi connectivity index (χ3v) is 4.38. The molecule has 0 atom stereocenters. The molecule has 0 unspecified atom stereocenters. The molecule has 0 spiro atoms. The predicted molar refractivity (Wildman–Crippen MR) is 110 cm³/mol. The van der Waals surface area contributed by atoms with Gasteiger partial charge in [-0.1, -0.05) is 36.4 Å². The average Bonchev–Trinajstić information content (AvgIpc) is 2.76. The minimum Gasteiger partial charge on any atom is -0.503 e. The van der Waals surface area contributed by atoms with Gasteiger partial charge in [-0.3, -0.25) is 5.01 Å². The number of carboxylic acid groups (broad SMARTS) is 1. The standard InChI is InChI=1S/C22H24N2O5/c1-27-16-21(22(25)26)20-8-3-2-6-18(20)15-29-19-7-4-5-17(13-19)14-23-24-9-11-28-12-10-24/h2-8,13-14,16H,9-12,15H2,1H3,(H,25,26). The molecule has 1 N–H and O–H groups in total. The normalized spacial score (nSPS) is 14.8. The van der Waals surface area contributed by atoms with Crippen molar-refractivity contribution < 1.29 is 24.1 Å². The molecule has 0 saturated carbocycles. The van der Waals surface area contributed by atoms with Crippen molar-refractivity contribution in [1.29, 1.82) is 0 Å². The van der Waals surface area contributed by atoms with Crippen molar-refractivity contribution in [3.8, 4) is 5.75 Å². The molecular weight excluding hydrogens is 372 g/mol. The molecule has 1 aliphatic heterocycles. The fraction of sp³-hybridized carbons (Fsp3) is 0.273. The Morgan fingerprint density at radius 2 is 2.00 bits per heavy atom. The highest BCUT2D eigenvalue weighted by atomic mass is 16.5. The van der Waals surface area contributed by atoms with Crippen molar-refractivity contribution >= 4 is 17.8 Å². The summed E-state index contributed by atoms with van der Waals surface area (Å²) in [6.07, 6.45) is 3.03. The van der Waals surface area contributed by atoms with Crippen molar-refractivity contribution in [2.75, 3.05) is 33.4 Å². The van der Waals surface area contributed by atoms with E-state index in [1.807, 2.05) is 41.4 Å². The molecule has 29 heavy (non-hydrogen) atoms. The Kier molecular flexibility index (Phi) is 7.24. The van der Waals surface area contributed by atoms with Crippen LogP contribution in [0.3, 0.4) is 0 Å². The van der Waals surface area contributed by atoms with Crippen LogP contribution in [0.1, 0.15) is 16.7 Å². The zero-order valence-electron chi connectivity index (χ0n) is 16.3. The Bertz CT molecular complexity index is 888. The molecule has 7 nitrogen and oxygen atoms in total. The summed E-state index contributed by atoms with van der Waals surface area (Å²) in [6, 6.07) is 14.8. The first-order chi connectivity index (χ1) is 14.2. The van der Waals surface area contributed by atoms with Crippen LogP contribution in [0.15, 0.2) is 59.9 Å². The lowest BCUT2D eigenvalue weighted by atomic mass is 10.0. The SMILES string of the molecule is COC=C(C(=O)O)c1ccccc1COc1cccc(C=NN2CCOCC2)c1. The first-order valence-electron chi connectivity index (χ1n) is 9.31. The Labute approximate surface area is 169 Å². The summed E-state index contributed by atoms with van der Waals surface area (Å²) >= 11 is 0. The van der Waals surface area contributed by atoms with Gasteiger partial charge in [-0.2, -0.15) is 5.10 Å². The van der Waals surface area contributed by atoms with E-state index in [0.717, 1.165) is 24.2 Å². The van der Waals surface area contributed by atoms with Crippen LogP contribution in [-0.4, -0.2) is 55.7 Å². The van der Waals surface area contributed by atoms with Gasteiger partial charge in [0.05, 0.1) is 45.9 Å². The van der Waals surface area contributed by atoms with Crippen molar-refractivity contribution in [3.05, 3.63) is 71.5 Å². The third-order valence-electron chi connectivity index (χ3n) is 4.38. The van der Waals surface area contributed by atoms with E-state index in [1.54, 1.807) is 18.3 Å². The molecular formula is C22H24N2O5. The maximum atomic E-state index is 11.5. The number of morpholine rings is 1. The number of hydrazone groups is 1. The number of hydrogen-bond acceptors (Lipinski definition) is 6. The van der Waals surface area contributed by atoms with Crippen LogP contribution >= 0.6 is 0 Å². The van der Waals surface area contributed by atoms with Crippen molar-refractivity contribution in [2.45, 2.75) is 6.61 Å². The van der Waals surface area contributed by atoms with Crippen LogP contribution in [0.5, 0.6) is 5.75 Å². The van der Waals surface area contributed by atoms with Gasteiger partial charge in [0.15, 0.2) is 0 Å². The molecule has 1 saturated heterocycles. The molecule has 1 aliphatic rings. The highest BCUT2D eigenvalue weighted by Crippen LogP contribution is 2.22. The van der Waals surface area contributed by atoms with Crippen molar-refractivity contribution in [1.82, 2.24) is 5.01 Å². The summed E-state index contributed by atoms with van der Waals surface area (Å²) in [6.45, 7) is 3.18. The first-order valence-corrected chi connectivity index (χ1v) is 9.31. The van der Waals surface area contributed by atoms with Crippen LogP contribution in [-0.2, 0) is 20.9 Å². The number of carboxylic acids is 1. The van der Waals surface area contributed by atoms with E-state index in [4.69, 9.17) is 14.2 Å². The molecule has 1 fully saturated rings. The Hall–Kier alpha value is -3.32.